The molecular formula is C19H24FN3O3. The number of piperidine rings is 1. The smallest absolute Gasteiger partial charge is 0.253 e. The highest BCUT2D eigenvalue weighted by atomic mass is 19.1. The third kappa shape index (κ3) is 4.03. The van der Waals surface area contributed by atoms with Gasteiger partial charge in [0.1, 0.15) is 5.82 Å². The summed E-state index contributed by atoms with van der Waals surface area (Å²) in [7, 11) is 0. The van der Waals surface area contributed by atoms with Crippen LogP contribution in [0.15, 0.2) is 24.3 Å². The van der Waals surface area contributed by atoms with Gasteiger partial charge in [0.15, 0.2) is 0 Å². The first-order valence-electron chi connectivity index (χ1n) is 9.05. The number of rotatable bonds is 2. The van der Waals surface area contributed by atoms with E-state index in [1.165, 1.54) is 18.2 Å². The van der Waals surface area contributed by atoms with E-state index in [1.807, 2.05) is 4.90 Å². The summed E-state index contributed by atoms with van der Waals surface area (Å²) in [5.74, 6) is -0.543. The summed E-state index contributed by atoms with van der Waals surface area (Å²) in [6.07, 6.45) is 1.24. The van der Waals surface area contributed by atoms with Crippen LogP contribution in [0.2, 0.25) is 0 Å². The average Bonchev–Trinajstić information content (AvgIpc) is 2.67. The first-order valence-corrected chi connectivity index (χ1v) is 9.05. The maximum absolute atomic E-state index is 13.3. The Morgan fingerprint density at radius 1 is 0.923 bits per heavy atom. The predicted octanol–water partition coefficient (Wildman–Crippen LogP) is 1.37. The molecule has 0 radical (unpaired) electrons. The first-order chi connectivity index (χ1) is 12.5. The Kier molecular flexibility index (Phi) is 5.54. The van der Waals surface area contributed by atoms with Crippen LogP contribution in [0, 0.1) is 11.7 Å². The van der Waals surface area contributed by atoms with Crippen molar-refractivity contribution in [3.63, 3.8) is 0 Å². The molecule has 0 aliphatic carbocycles. The van der Waals surface area contributed by atoms with Gasteiger partial charge in [0.05, 0.1) is 0 Å². The normalized spacial score (nSPS) is 18.8. The summed E-state index contributed by atoms with van der Waals surface area (Å²) in [5.41, 5.74) is 0.343. The molecule has 0 spiro atoms. The van der Waals surface area contributed by atoms with Crippen LogP contribution in [0.25, 0.3) is 0 Å². The number of carbonyl (C=O) groups excluding carboxylic acids is 3. The SMILES string of the molecule is CC(=O)N1CCN(C(=O)C2CCN(C(=O)c3cccc(F)c3)CC2)CC1. The lowest BCUT2D eigenvalue weighted by Gasteiger charge is -2.38. The number of carbonyl (C=O) groups is 3. The molecule has 0 aromatic heterocycles. The molecule has 1 aromatic carbocycles. The van der Waals surface area contributed by atoms with Crippen LogP contribution in [0.1, 0.15) is 30.1 Å². The molecule has 2 aliphatic rings. The third-order valence-corrected chi connectivity index (χ3v) is 5.24. The number of benzene rings is 1. The van der Waals surface area contributed by atoms with Gasteiger partial charge in [0, 0.05) is 57.7 Å². The molecule has 3 amide bonds. The largest absolute Gasteiger partial charge is 0.339 e. The zero-order valence-electron chi connectivity index (χ0n) is 15.0. The zero-order valence-corrected chi connectivity index (χ0v) is 15.0. The number of hydrogen-bond donors (Lipinski definition) is 0. The highest BCUT2D eigenvalue weighted by molar-refractivity contribution is 5.94. The van der Waals surface area contributed by atoms with E-state index in [2.05, 4.69) is 0 Å². The Bertz CT molecular complexity index is 693. The summed E-state index contributed by atoms with van der Waals surface area (Å²) in [6.45, 7) is 4.85. The van der Waals surface area contributed by atoms with Gasteiger partial charge in [-0.05, 0) is 31.0 Å². The molecule has 26 heavy (non-hydrogen) atoms. The minimum Gasteiger partial charge on any atom is -0.339 e. The van der Waals surface area contributed by atoms with Gasteiger partial charge in [0.2, 0.25) is 11.8 Å². The number of likely N-dealkylation sites (tertiary alicyclic amines) is 1. The van der Waals surface area contributed by atoms with Crippen molar-refractivity contribution in [2.24, 2.45) is 5.92 Å². The van der Waals surface area contributed by atoms with Crippen LogP contribution in [-0.4, -0.2) is 71.7 Å². The van der Waals surface area contributed by atoms with E-state index in [4.69, 9.17) is 0 Å². The predicted molar refractivity (Wildman–Crippen MR) is 93.9 cm³/mol. The van der Waals surface area contributed by atoms with E-state index >= 15 is 0 Å². The lowest BCUT2D eigenvalue weighted by molar-refractivity contribution is -0.142. The number of amides is 3. The highest BCUT2D eigenvalue weighted by Gasteiger charge is 2.32. The fourth-order valence-corrected chi connectivity index (χ4v) is 3.63. The molecule has 2 heterocycles. The van der Waals surface area contributed by atoms with E-state index in [9.17, 15) is 18.8 Å². The zero-order chi connectivity index (χ0) is 18.7. The lowest BCUT2D eigenvalue weighted by Crippen LogP contribution is -2.52. The molecule has 0 atom stereocenters. The van der Waals surface area contributed by atoms with Gasteiger partial charge >= 0.3 is 0 Å². The molecule has 0 saturated carbocycles. The molecule has 3 rings (SSSR count). The molecule has 2 saturated heterocycles. The fraction of sp³-hybridized carbons (Fsp3) is 0.526. The average molecular weight is 361 g/mol. The topological polar surface area (TPSA) is 60.9 Å². The van der Waals surface area contributed by atoms with Crippen molar-refractivity contribution in [1.29, 1.82) is 0 Å². The van der Waals surface area contributed by atoms with Crippen LogP contribution in [0.5, 0.6) is 0 Å². The molecule has 2 aliphatic heterocycles. The molecule has 7 heteroatoms. The minimum atomic E-state index is -0.425. The Hall–Kier alpha value is -2.44. The van der Waals surface area contributed by atoms with E-state index < -0.39 is 5.82 Å². The van der Waals surface area contributed by atoms with Gasteiger partial charge in [-0.15, -0.1) is 0 Å². The van der Waals surface area contributed by atoms with Crippen molar-refractivity contribution in [3.05, 3.63) is 35.6 Å². The molecule has 6 nitrogen and oxygen atoms in total. The van der Waals surface area contributed by atoms with Crippen LogP contribution in [-0.2, 0) is 9.59 Å². The second-order valence-corrected chi connectivity index (χ2v) is 6.91. The monoisotopic (exact) mass is 361 g/mol. The van der Waals surface area contributed by atoms with Gasteiger partial charge in [-0.1, -0.05) is 6.07 Å². The highest BCUT2D eigenvalue weighted by Crippen LogP contribution is 2.22. The van der Waals surface area contributed by atoms with E-state index in [1.54, 1.807) is 22.8 Å². The molecule has 0 N–H and O–H groups in total. The van der Waals surface area contributed by atoms with Gasteiger partial charge in [-0.2, -0.15) is 0 Å². The summed E-state index contributed by atoms with van der Waals surface area (Å²) in [6, 6.07) is 5.69. The van der Waals surface area contributed by atoms with Crippen LogP contribution < -0.4 is 0 Å². The summed E-state index contributed by atoms with van der Waals surface area (Å²) in [4.78, 5) is 41.8. The quantitative estimate of drug-likeness (QED) is 0.799. The number of nitrogens with zero attached hydrogens (tertiary/aromatic N) is 3. The third-order valence-electron chi connectivity index (χ3n) is 5.24. The number of halogens is 1. The van der Waals surface area contributed by atoms with Crippen LogP contribution >= 0.6 is 0 Å². The molecule has 2 fully saturated rings. The Morgan fingerprint density at radius 2 is 1.54 bits per heavy atom. The first kappa shape index (κ1) is 18.4. The maximum Gasteiger partial charge on any atom is 0.253 e. The van der Waals surface area contributed by atoms with Crippen molar-refractivity contribution in [2.45, 2.75) is 19.8 Å². The minimum absolute atomic E-state index is 0.0428. The summed E-state index contributed by atoms with van der Waals surface area (Å²) in [5, 5.41) is 0. The second kappa shape index (κ2) is 7.85. The van der Waals surface area contributed by atoms with Crippen molar-refractivity contribution >= 4 is 17.7 Å². The molecule has 1 aromatic rings. The Balaban J connectivity index is 1.51. The van der Waals surface area contributed by atoms with Gasteiger partial charge in [0.25, 0.3) is 5.91 Å². The molecule has 140 valence electrons. The summed E-state index contributed by atoms with van der Waals surface area (Å²) < 4.78 is 13.3. The summed E-state index contributed by atoms with van der Waals surface area (Å²) >= 11 is 0. The number of piperazine rings is 1. The number of hydrogen-bond acceptors (Lipinski definition) is 3. The fourth-order valence-electron chi connectivity index (χ4n) is 3.63. The van der Waals surface area contributed by atoms with E-state index in [0.717, 1.165) is 0 Å². The Labute approximate surface area is 152 Å². The standard InChI is InChI=1S/C19H24FN3O3/c1-14(24)21-9-11-23(12-10-21)18(25)15-5-7-22(8-6-15)19(26)16-3-2-4-17(20)13-16/h2-4,13,15H,5-12H2,1H3. The molecule has 0 bridgehead atoms. The van der Waals surface area contributed by atoms with Gasteiger partial charge < -0.3 is 14.7 Å². The van der Waals surface area contributed by atoms with E-state index in [0.29, 0.717) is 57.7 Å². The Morgan fingerprint density at radius 3 is 2.12 bits per heavy atom. The lowest BCUT2D eigenvalue weighted by atomic mass is 9.94. The van der Waals surface area contributed by atoms with Crippen LogP contribution in [0.3, 0.4) is 0 Å². The molecule has 0 unspecified atom stereocenters. The van der Waals surface area contributed by atoms with Gasteiger partial charge in [-0.25, -0.2) is 4.39 Å². The second-order valence-electron chi connectivity index (χ2n) is 6.91. The van der Waals surface area contributed by atoms with Crippen LogP contribution in [0.4, 0.5) is 4.39 Å². The molecular weight excluding hydrogens is 337 g/mol. The van der Waals surface area contributed by atoms with Crippen molar-refractivity contribution in [3.8, 4) is 0 Å². The van der Waals surface area contributed by atoms with E-state index in [-0.39, 0.29) is 23.6 Å². The van der Waals surface area contributed by atoms with Gasteiger partial charge in [-0.3, -0.25) is 14.4 Å². The van der Waals surface area contributed by atoms with Crippen molar-refractivity contribution in [1.82, 2.24) is 14.7 Å². The van der Waals surface area contributed by atoms with Crippen molar-refractivity contribution in [2.75, 3.05) is 39.3 Å². The maximum atomic E-state index is 13.3. The van der Waals surface area contributed by atoms with Crippen molar-refractivity contribution < 1.29 is 18.8 Å².